The number of hydrogen-bond acceptors (Lipinski definition) is 2. The van der Waals surface area contributed by atoms with Gasteiger partial charge in [0, 0.05) is 17.4 Å². The smallest absolute Gasteiger partial charge is 0.331 e. The van der Waals surface area contributed by atoms with Crippen molar-refractivity contribution in [3.63, 3.8) is 0 Å². The SMILES string of the molecule is CC12CCCC(C(=O)O)=C1CCC2=O. The molecule has 0 aromatic heterocycles. The second kappa shape index (κ2) is 2.94. The molecule has 1 unspecified atom stereocenters. The zero-order chi connectivity index (χ0) is 10.3. The number of carboxylic acid groups (broad SMARTS) is 1. The second-order valence-electron chi connectivity index (χ2n) is 4.37. The summed E-state index contributed by atoms with van der Waals surface area (Å²) in [4.78, 5) is 22.6. The molecule has 0 bridgehead atoms. The predicted molar refractivity (Wildman–Crippen MR) is 50.9 cm³/mol. The van der Waals surface area contributed by atoms with E-state index < -0.39 is 11.4 Å². The third kappa shape index (κ3) is 1.11. The largest absolute Gasteiger partial charge is 0.478 e. The van der Waals surface area contributed by atoms with Crippen molar-refractivity contribution in [2.45, 2.75) is 39.0 Å². The Bertz CT molecular complexity index is 340. The summed E-state index contributed by atoms with van der Waals surface area (Å²) in [6.07, 6.45) is 3.48. The van der Waals surface area contributed by atoms with Gasteiger partial charge in [0.05, 0.1) is 0 Å². The normalized spacial score (nSPS) is 31.9. The van der Waals surface area contributed by atoms with Crippen LogP contribution in [0.15, 0.2) is 11.1 Å². The van der Waals surface area contributed by atoms with Crippen LogP contribution in [-0.2, 0) is 9.59 Å². The molecule has 0 heterocycles. The van der Waals surface area contributed by atoms with E-state index in [2.05, 4.69) is 0 Å². The summed E-state index contributed by atoms with van der Waals surface area (Å²) in [6, 6.07) is 0. The molecule has 2 aliphatic rings. The number of ketones is 1. The summed E-state index contributed by atoms with van der Waals surface area (Å²) in [7, 11) is 0. The van der Waals surface area contributed by atoms with Gasteiger partial charge in [-0.25, -0.2) is 4.79 Å². The highest BCUT2D eigenvalue weighted by atomic mass is 16.4. The molecule has 0 radical (unpaired) electrons. The van der Waals surface area contributed by atoms with Crippen LogP contribution < -0.4 is 0 Å². The number of allylic oxidation sites excluding steroid dienone is 1. The number of Topliss-reactive ketones (excluding diaryl/α,β-unsaturated/α-hetero) is 1. The minimum atomic E-state index is -0.833. The fourth-order valence-electron chi connectivity index (χ4n) is 2.74. The van der Waals surface area contributed by atoms with Gasteiger partial charge in [0.25, 0.3) is 0 Å². The van der Waals surface area contributed by atoms with Gasteiger partial charge >= 0.3 is 5.97 Å². The molecule has 0 amide bonds. The first-order valence-electron chi connectivity index (χ1n) is 5.05. The lowest BCUT2D eigenvalue weighted by Gasteiger charge is -2.30. The first kappa shape index (κ1) is 9.44. The summed E-state index contributed by atoms with van der Waals surface area (Å²) in [5, 5.41) is 9.02. The van der Waals surface area contributed by atoms with Gasteiger partial charge in [0.1, 0.15) is 5.78 Å². The van der Waals surface area contributed by atoms with Crippen LogP contribution in [0.3, 0.4) is 0 Å². The molecule has 0 saturated heterocycles. The van der Waals surface area contributed by atoms with Crippen LogP contribution >= 0.6 is 0 Å². The van der Waals surface area contributed by atoms with E-state index in [1.54, 1.807) is 0 Å². The number of aliphatic carboxylic acids is 1. The highest BCUT2D eigenvalue weighted by molar-refractivity contribution is 5.96. The van der Waals surface area contributed by atoms with E-state index in [0.29, 0.717) is 24.8 Å². The summed E-state index contributed by atoms with van der Waals surface area (Å²) in [5.41, 5.74) is 0.970. The lowest BCUT2D eigenvalue weighted by molar-refractivity contribution is -0.133. The molecule has 2 aliphatic carbocycles. The van der Waals surface area contributed by atoms with Crippen molar-refractivity contribution >= 4 is 11.8 Å². The minimum Gasteiger partial charge on any atom is -0.478 e. The Kier molecular flexibility index (Phi) is 1.98. The van der Waals surface area contributed by atoms with Gasteiger partial charge in [-0.3, -0.25) is 4.79 Å². The van der Waals surface area contributed by atoms with Crippen LogP contribution in [0.25, 0.3) is 0 Å². The molecule has 1 saturated carbocycles. The van der Waals surface area contributed by atoms with Crippen molar-refractivity contribution in [2.75, 3.05) is 0 Å². The molecule has 3 heteroatoms. The van der Waals surface area contributed by atoms with Gasteiger partial charge in [-0.2, -0.15) is 0 Å². The summed E-state index contributed by atoms with van der Waals surface area (Å²) < 4.78 is 0. The molecule has 1 N–H and O–H groups in total. The Morgan fingerprint density at radius 3 is 2.71 bits per heavy atom. The van der Waals surface area contributed by atoms with E-state index in [4.69, 9.17) is 5.11 Å². The summed E-state index contributed by atoms with van der Waals surface area (Å²) in [5.74, 6) is -0.605. The molecular formula is C11H14O3. The average Bonchev–Trinajstić information content (AvgIpc) is 2.42. The van der Waals surface area contributed by atoms with E-state index in [1.165, 1.54) is 0 Å². The molecule has 14 heavy (non-hydrogen) atoms. The maximum Gasteiger partial charge on any atom is 0.331 e. The van der Waals surface area contributed by atoms with E-state index in [-0.39, 0.29) is 5.78 Å². The van der Waals surface area contributed by atoms with Crippen LogP contribution in [-0.4, -0.2) is 16.9 Å². The summed E-state index contributed by atoms with van der Waals surface area (Å²) >= 11 is 0. The summed E-state index contributed by atoms with van der Waals surface area (Å²) in [6.45, 7) is 1.90. The Morgan fingerprint density at radius 2 is 2.07 bits per heavy atom. The quantitative estimate of drug-likeness (QED) is 0.693. The van der Waals surface area contributed by atoms with Crippen LogP contribution in [0, 0.1) is 5.41 Å². The molecule has 1 atom stereocenters. The van der Waals surface area contributed by atoms with Gasteiger partial charge < -0.3 is 5.11 Å². The zero-order valence-corrected chi connectivity index (χ0v) is 8.30. The molecule has 0 spiro atoms. The van der Waals surface area contributed by atoms with Crippen molar-refractivity contribution in [2.24, 2.45) is 5.41 Å². The molecule has 3 nitrogen and oxygen atoms in total. The molecule has 0 aliphatic heterocycles. The zero-order valence-electron chi connectivity index (χ0n) is 8.30. The molecule has 0 aromatic rings. The van der Waals surface area contributed by atoms with E-state index in [0.717, 1.165) is 18.4 Å². The van der Waals surface area contributed by atoms with Crippen LogP contribution in [0.5, 0.6) is 0 Å². The highest BCUT2D eigenvalue weighted by Gasteiger charge is 2.45. The van der Waals surface area contributed by atoms with Crippen molar-refractivity contribution in [3.8, 4) is 0 Å². The van der Waals surface area contributed by atoms with Crippen LogP contribution in [0.2, 0.25) is 0 Å². The third-order valence-electron chi connectivity index (χ3n) is 3.61. The number of rotatable bonds is 1. The number of hydrogen-bond donors (Lipinski definition) is 1. The van der Waals surface area contributed by atoms with Gasteiger partial charge in [0.2, 0.25) is 0 Å². The van der Waals surface area contributed by atoms with Crippen LogP contribution in [0.1, 0.15) is 39.0 Å². The lowest BCUT2D eigenvalue weighted by Crippen LogP contribution is -2.28. The Labute approximate surface area is 82.8 Å². The molecule has 2 rings (SSSR count). The number of carbonyl (C=O) groups excluding carboxylic acids is 1. The predicted octanol–water partition coefficient (Wildman–Crippen LogP) is 1.92. The van der Waals surface area contributed by atoms with Gasteiger partial charge in [-0.1, -0.05) is 0 Å². The number of fused-ring (bicyclic) bond motifs is 1. The van der Waals surface area contributed by atoms with Crippen molar-refractivity contribution in [1.82, 2.24) is 0 Å². The Morgan fingerprint density at radius 1 is 1.36 bits per heavy atom. The van der Waals surface area contributed by atoms with Gasteiger partial charge in [-0.05, 0) is 38.2 Å². The number of carboxylic acids is 1. The monoisotopic (exact) mass is 194 g/mol. The van der Waals surface area contributed by atoms with Crippen molar-refractivity contribution in [1.29, 1.82) is 0 Å². The average molecular weight is 194 g/mol. The second-order valence-corrected chi connectivity index (χ2v) is 4.37. The molecule has 1 fully saturated rings. The van der Waals surface area contributed by atoms with Crippen molar-refractivity contribution in [3.05, 3.63) is 11.1 Å². The minimum absolute atomic E-state index is 0.228. The van der Waals surface area contributed by atoms with Gasteiger partial charge in [0.15, 0.2) is 0 Å². The third-order valence-corrected chi connectivity index (χ3v) is 3.61. The first-order chi connectivity index (χ1) is 6.55. The van der Waals surface area contributed by atoms with E-state index in [1.807, 2.05) is 6.92 Å². The highest BCUT2D eigenvalue weighted by Crippen LogP contribution is 2.48. The van der Waals surface area contributed by atoms with Crippen molar-refractivity contribution < 1.29 is 14.7 Å². The Hall–Kier alpha value is -1.12. The molecule has 76 valence electrons. The van der Waals surface area contributed by atoms with E-state index >= 15 is 0 Å². The van der Waals surface area contributed by atoms with Crippen LogP contribution in [0.4, 0.5) is 0 Å². The van der Waals surface area contributed by atoms with Gasteiger partial charge in [-0.15, -0.1) is 0 Å². The molecule has 0 aromatic carbocycles. The maximum atomic E-state index is 11.7. The molecular weight excluding hydrogens is 180 g/mol. The number of carbonyl (C=O) groups is 2. The standard InChI is InChI=1S/C11H14O3/c1-11-6-2-3-7(10(13)14)8(11)4-5-9(11)12/h2-6H2,1H3,(H,13,14). The Balaban J connectivity index is 2.51. The van der Waals surface area contributed by atoms with E-state index in [9.17, 15) is 9.59 Å². The lowest BCUT2D eigenvalue weighted by atomic mass is 9.72. The fraction of sp³-hybridized carbons (Fsp3) is 0.636. The fourth-order valence-corrected chi connectivity index (χ4v) is 2.74. The maximum absolute atomic E-state index is 11.7. The topological polar surface area (TPSA) is 54.4 Å². The first-order valence-corrected chi connectivity index (χ1v) is 5.05.